The molecule has 1 N–H and O–H groups in total. The quantitative estimate of drug-likeness (QED) is 0.721. The Hall–Kier alpha value is -1.02. The standard InChI is InChI=1S/C19H34N2/c1-7-13-19(5,14-20-16(3)4)15-21(6)18-11-9-17(8-2)10-12-18/h9-12,16,20H,7-8,13-15H2,1-6H3. The number of nitrogens with one attached hydrogen (secondary N) is 1. The summed E-state index contributed by atoms with van der Waals surface area (Å²) >= 11 is 0. The maximum Gasteiger partial charge on any atom is 0.0363 e. The first kappa shape index (κ1) is 18.0. The van der Waals surface area contributed by atoms with Crippen molar-refractivity contribution in [3.05, 3.63) is 29.8 Å². The van der Waals surface area contributed by atoms with E-state index in [9.17, 15) is 0 Å². The highest BCUT2D eigenvalue weighted by Gasteiger charge is 2.25. The highest BCUT2D eigenvalue weighted by atomic mass is 15.1. The molecule has 21 heavy (non-hydrogen) atoms. The van der Waals surface area contributed by atoms with Gasteiger partial charge in [-0.1, -0.05) is 53.2 Å². The topological polar surface area (TPSA) is 15.3 Å². The lowest BCUT2D eigenvalue weighted by molar-refractivity contribution is 0.275. The van der Waals surface area contributed by atoms with E-state index >= 15 is 0 Å². The fourth-order valence-electron chi connectivity index (χ4n) is 2.93. The molecule has 1 unspecified atom stereocenters. The molecule has 2 heteroatoms. The zero-order valence-corrected chi connectivity index (χ0v) is 14.9. The summed E-state index contributed by atoms with van der Waals surface area (Å²) in [6.07, 6.45) is 3.60. The lowest BCUT2D eigenvalue weighted by atomic mass is 9.84. The van der Waals surface area contributed by atoms with E-state index in [0.717, 1.165) is 19.5 Å². The molecule has 0 heterocycles. The van der Waals surface area contributed by atoms with Gasteiger partial charge in [0.15, 0.2) is 0 Å². The monoisotopic (exact) mass is 290 g/mol. The van der Waals surface area contributed by atoms with Crippen LogP contribution >= 0.6 is 0 Å². The van der Waals surface area contributed by atoms with Gasteiger partial charge < -0.3 is 10.2 Å². The first-order valence-corrected chi connectivity index (χ1v) is 8.43. The number of hydrogen-bond donors (Lipinski definition) is 1. The van der Waals surface area contributed by atoms with Crippen molar-refractivity contribution in [2.75, 3.05) is 25.0 Å². The number of nitrogens with zero attached hydrogens (tertiary/aromatic N) is 1. The van der Waals surface area contributed by atoms with E-state index in [1.165, 1.54) is 24.1 Å². The van der Waals surface area contributed by atoms with E-state index in [0.29, 0.717) is 11.5 Å². The molecule has 0 spiro atoms. The molecule has 0 radical (unpaired) electrons. The van der Waals surface area contributed by atoms with Gasteiger partial charge in [0.2, 0.25) is 0 Å². The van der Waals surface area contributed by atoms with Crippen LogP contribution in [0, 0.1) is 5.41 Å². The Bertz CT molecular complexity index is 397. The number of rotatable bonds is 9. The summed E-state index contributed by atoms with van der Waals surface area (Å²) in [6, 6.07) is 9.54. The molecule has 0 saturated heterocycles. The van der Waals surface area contributed by atoms with Crippen molar-refractivity contribution < 1.29 is 0 Å². The van der Waals surface area contributed by atoms with Gasteiger partial charge in [0.05, 0.1) is 0 Å². The van der Waals surface area contributed by atoms with Crippen molar-refractivity contribution >= 4 is 5.69 Å². The van der Waals surface area contributed by atoms with Crippen molar-refractivity contribution in [3.8, 4) is 0 Å². The van der Waals surface area contributed by atoms with Crippen LogP contribution in [0.5, 0.6) is 0 Å². The van der Waals surface area contributed by atoms with Gasteiger partial charge in [0.25, 0.3) is 0 Å². The van der Waals surface area contributed by atoms with Crippen LogP contribution in [0.1, 0.15) is 53.0 Å². The third-order valence-corrected chi connectivity index (χ3v) is 4.19. The Balaban J connectivity index is 2.71. The second-order valence-corrected chi connectivity index (χ2v) is 6.97. The summed E-state index contributed by atoms with van der Waals surface area (Å²) in [5.41, 5.74) is 3.04. The molecule has 120 valence electrons. The lowest BCUT2D eigenvalue weighted by Crippen LogP contribution is -2.43. The molecule has 0 aliphatic carbocycles. The Kier molecular flexibility index (Phi) is 7.24. The first-order valence-electron chi connectivity index (χ1n) is 8.43. The van der Waals surface area contributed by atoms with E-state index in [4.69, 9.17) is 0 Å². The van der Waals surface area contributed by atoms with Gasteiger partial charge in [-0.3, -0.25) is 0 Å². The molecule has 0 aromatic heterocycles. The number of aryl methyl sites for hydroxylation is 1. The van der Waals surface area contributed by atoms with Crippen molar-refractivity contribution in [1.29, 1.82) is 0 Å². The number of hydrogen-bond acceptors (Lipinski definition) is 2. The summed E-state index contributed by atoms with van der Waals surface area (Å²) < 4.78 is 0. The fraction of sp³-hybridized carbons (Fsp3) is 0.684. The fourth-order valence-corrected chi connectivity index (χ4v) is 2.93. The largest absolute Gasteiger partial charge is 0.374 e. The second-order valence-electron chi connectivity index (χ2n) is 6.97. The molecule has 0 bridgehead atoms. The molecule has 1 aromatic rings. The molecule has 0 saturated carbocycles. The minimum absolute atomic E-state index is 0.317. The van der Waals surface area contributed by atoms with Gasteiger partial charge in [0, 0.05) is 31.9 Å². The van der Waals surface area contributed by atoms with E-state index in [1.54, 1.807) is 0 Å². The van der Waals surface area contributed by atoms with Gasteiger partial charge in [-0.05, 0) is 36.0 Å². The molecule has 0 amide bonds. The normalized spacial score (nSPS) is 14.2. The Morgan fingerprint density at radius 3 is 2.24 bits per heavy atom. The maximum absolute atomic E-state index is 3.62. The summed E-state index contributed by atoms with van der Waals surface area (Å²) in [7, 11) is 2.21. The van der Waals surface area contributed by atoms with Crippen molar-refractivity contribution in [3.63, 3.8) is 0 Å². The van der Waals surface area contributed by atoms with Crippen LogP contribution < -0.4 is 10.2 Å². The average molecular weight is 290 g/mol. The van der Waals surface area contributed by atoms with Gasteiger partial charge in [0.1, 0.15) is 0 Å². The minimum atomic E-state index is 0.317. The predicted molar refractivity (Wildman–Crippen MR) is 95.2 cm³/mol. The first-order chi connectivity index (χ1) is 9.90. The van der Waals surface area contributed by atoms with E-state index < -0.39 is 0 Å². The summed E-state index contributed by atoms with van der Waals surface area (Å²) in [4.78, 5) is 2.40. The number of benzene rings is 1. The molecule has 0 aliphatic heterocycles. The van der Waals surface area contributed by atoms with Crippen molar-refractivity contribution in [2.24, 2.45) is 5.41 Å². The van der Waals surface area contributed by atoms with Crippen LogP contribution in [0.3, 0.4) is 0 Å². The zero-order valence-electron chi connectivity index (χ0n) is 14.9. The lowest BCUT2D eigenvalue weighted by Gasteiger charge is -2.36. The molecular formula is C19H34N2. The summed E-state index contributed by atoms with van der Waals surface area (Å²) in [6.45, 7) is 13.5. The molecule has 1 aromatic carbocycles. The maximum atomic E-state index is 3.62. The van der Waals surface area contributed by atoms with Crippen LogP contribution in [0.4, 0.5) is 5.69 Å². The Morgan fingerprint density at radius 2 is 1.76 bits per heavy atom. The zero-order chi connectivity index (χ0) is 15.9. The summed E-state index contributed by atoms with van der Waals surface area (Å²) in [5, 5.41) is 3.62. The SMILES string of the molecule is CCCC(C)(CNC(C)C)CN(C)c1ccc(CC)cc1. The van der Waals surface area contributed by atoms with Crippen LogP contribution in [-0.2, 0) is 6.42 Å². The van der Waals surface area contributed by atoms with Crippen molar-refractivity contribution in [1.82, 2.24) is 5.32 Å². The molecule has 2 nitrogen and oxygen atoms in total. The average Bonchev–Trinajstić information content (AvgIpc) is 2.45. The molecular weight excluding hydrogens is 256 g/mol. The molecule has 1 atom stereocenters. The van der Waals surface area contributed by atoms with Crippen molar-refractivity contribution in [2.45, 2.75) is 59.9 Å². The molecule has 0 fully saturated rings. The second kappa shape index (κ2) is 8.43. The number of anilines is 1. The van der Waals surface area contributed by atoms with Gasteiger partial charge >= 0.3 is 0 Å². The smallest absolute Gasteiger partial charge is 0.0363 e. The third-order valence-electron chi connectivity index (χ3n) is 4.19. The highest BCUT2D eigenvalue weighted by molar-refractivity contribution is 5.47. The summed E-state index contributed by atoms with van der Waals surface area (Å²) in [5.74, 6) is 0. The van der Waals surface area contributed by atoms with E-state index in [1.807, 2.05) is 0 Å². The van der Waals surface area contributed by atoms with Crippen LogP contribution in [0.15, 0.2) is 24.3 Å². The van der Waals surface area contributed by atoms with Crippen LogP contribution in [0.25, 0.3) is 0 Å². The van der Waals surface area contributed by atoms with E-state index in [2.05, 4.69) is 76.1 Å². The van der Waals surface area contributed by atoms with E-state index in [-0.39, 0.29) is 0 Å². The molecule has 1 rings (SSSR count). The van der Waals surface area contributed by atoms with Gasteiger partial charge in [-0.25, -0.2) is 0 Å². The third kappa shape index (κ3) is 6.09. The van der Waals surface area contributed by atoms with Crippen LogP contribution in [-0.4, -0.2) is 26.2 Å². The Labute approximate surface area is 131 Å². The predicted octanol–water partition coefficient (Wildman–Crippen LogP) is 4.49. The molecule has 0 aliphatic rings. The van der Waals surface area contributed by atoms with Gasteiger partial charge in [-0.2, -0.15) is 0 Å². The van der Waals surface area contributed by atoms with Crippen LogP contribution in [0.2, 0.25) is 0 Å². The minimum Gasteiger partial charge on any atom is -0.374 e. The van der Waals surface area contributed by atoms with Gasteiger partial charge in [-0.15, -0.1) is 0 Å². The highest BCUT2D eigenvalue weighted by Crippen LogP contribution is 2.26. The Morgan fingerprint density at radius 1 is 1.14 bits per heavy atom.